The number of hydrogen-bond acceptors (Lipinski definition) is 2. The molecule has 5 N–H and O–H groups in total. The van der Waals surface area contributed by atoms with E-state index >= 15 is 0 Å². The molecular weight excluding hydrogens is 386 g/mol. The van der Waals surface area contributed by atoms with Crippen molar-refractivity contribution < 1.29 is 4.79 Å². The zero-order valence-electron chi connectivity index (χ0n) is 16.9. The molecule has 2 aromatic rings. The first-order chi connectivity index (χ1) is 14.1. The zero-order valence-corrected chi connectivity index (χ0v) is 17.6. The first kappa shape index (κ1) is 22.6. The van der Waals surface area contributed by atoms with Crippen LogP contribution in [0.3, 0.4) is 0 Å². The molecule has 0 unspecified atom stereocenters. The lowest BCUT2D eigenvalue weighted by atomic mass is 10.1. The molecule has 2 amide bonds. The lowest BCUT2D eigenvalue weighted by Crippen LogP contribution is -2.29. The fraction of sp³-hybridized carbons (Fsp3) is 0.364. The third kappa shape index (κ3) is 9.34. The quantitative estimate of drug-likeness (QED) is 0.222. The van der Waals surface area contributed by atoms with Gasteiger partial charge in [0.25, 0.3) is 0 Å². The van der Waals surface area contributed by atoms with Crippen LogP contribution in [0.15, 0.2) is 53.5 Å². The average Bonchev–Trinajstić information content (AvgIpc) is 2.69. The third-order valence-electron chi connectivity index (χ3n) is 4.28. The number of urea groups is 1. The molecule has 29 heavy (non-hydrogen) atoms. The Morgan fingerprint density at radius 3 is 2.34 bits per heavy atom. The lowest BCUT2D eigenvalue weighted by Gasteiger charge is -2.10. The molecule has 0 fully saturated rings. The maximum atomic E-state index is 12.0. The van der Waals surface area contributed by atoms with Gasteiger partial charge >= 0.3 is 6.03 Å². The van der Waals surface area contributed by atoms with Crippen molar-refractivity contribution in [3.63, 3.8) is 0 Å². The van der Waals surface area contributed by atoms with Crippen LogP contribution in [-0.2, 0) is 0 Å². The summed E-state index contributed by atoms with van der Waals surface area (Å²) in [5, 5.41) is 9.39. The van der Waals surface area contributed by atoms with Crippen molar-refractivity contribution >= 4 is 40.7 Å². The summed E-state index contributed by atoms with van der Waals surface area (Å²) in [4.78, 5) is 16.3. The number of carbonyl (C=O) groups is 1. The average molecular weight is 416 g/mol. The topological polar surface area (TPSA) is 91.5 Å². The molecule has 0 aliphatic rings. The second-order valence-electron chi connectivity index (χ2n) is 6.83. The number of unbranched alkanes of at least 4 members (excludes halogenated alkanes) is 5. The van der Waals surface area contributed by atoms with Gasteiger partial charge in [-0.1, -0.05) is 56.7 Å². The number of guanidine groups is 1. The van der Waals surface area contributed by atoms with Crippen molar-refractivity contribution in [2.45, 2.75) is 45.4 Å². The molecule has 7 heteroatoms. The lowest BCUT2D eigenvalue weighted by molar-refractivity contribution is 0.252. The number of benzene rings is 2. The fourth-order valence-corrected chi connectivity index (χ4v) is 2.91. The molecule has 0 bridgehead atoms. The van der Waals surface area contributed by atoms with E-state index in [-0.39, 0.29) is 12.0 Å². The van der Waals surface area contributed by atoms with Crippen LogP contribution < -0.4 is 21.7 Å². The second-order valence-corrected chi connectivity index (χ2v) is 7.26. The van der Waals surface area contributed by atoms with Crippen LogP contribution in [0.2, 0.25) is 5.02 Å². The Bertz CT molecular complexity index is 792. The highest BCUT2D eigenvalue weighted by Crippen LogP contribution is 2.18. The smallest absolute Gasteiger partial charge is 0.319 e. The summed E-state index contributed by atoms with van der Waals surface area (Å²) in [5.41, 5.74) is 8.06. The summed E-state index contributed by atoms with van der Waals surface area (Å²) in [7, 11) is 0. The number of amides is 2. The van der Waals surface area contributed by atoms with Crippen LogP contribution in [0.4, 0.5) is 21.9 Å². The van der Waals surface area contributed by atoms with Crippen LogP contribution in [-0.4, -0.2) is 18.5 Å². The highest BCUT2D eigenvalue weighted by Gasteiger charge is 2.03. The SMILES string of the molecule is CCCCCCCCNC(=O)Nc1cccc(NC(N)=Nc2ccc(Cl)cc2)c1. The highest BCUT2D eigenvalue weighted by atomic mass is 35.5. The summed E-state index contributed by atoms with van der Waals surface area (Å²) in [6.45, 7) is 2.88. The molecule has 0 aliphatic heterocycles. The van der Waals surface area contributed by atoms with E-state index in [2.05, 4.69) is 27.9 Å². The van der Waals surface area contributed by atoms with E-state index in [1.54, 1.807) is 30.3 Å². The van der Waals surface area contributed by atoms with Gasteiger partial charge in [0.1, 0.15) is 0 Å². The number of anilines is 2. The van der Waals surface area contributed by atoms with Gasteiger partial charge in [-0.15, -0.1) is 0 Å². The number of hydrogen-bond donors (Lipinski definition) is 4. The van der Waals surface area contributed by atoms with Crippen molar-refractivity contribution in [2.24, 2.45) is 10.7 Å². The number of nitrogens with zero attached hydrogens (tertiary/aromatic N) is 1. The van der Waals surface area contributed by atoms with Crippen LogP contribution >= 0.6 is 11.6 Å². The van der Waals surface area contributed by atoms with Gasteiger partial charge in [-0.3, -0.25) is 0 Å². The normalized spacial score (nSPS) is 11.2. The summed E-state index contributed by atoms with van der Waals surface area (Å²) >= 11 is 5.87. The maximum absolute atomic E-state index is 12.0. The summed E-state index contributed by atoms with van der Waals surface area (Å²) < 4.78 is 0. The molecule has 6 nitrogen and oxygen atoms in total. The molecule has 0 aromatic heterocycles. The molecule has 2 rings (SSSR count). The number of rotatable bonds is 10. The maximum Gasteiger partial charge on any atom is 0.319 e. The summed E-state index contributed by atoms with van der Waals surface area (Å²) in [6.07, 6.45) is 7.17. The van der Waals surface area contributed by atoms with Crippen molar-refractivity contribution in [3.05, 3.63) is 53.6 Å². The minimum absolute atomic E-state index is 0.210. The van der Waals surface area contributed by atoms with Gasteiger partial charge < -0.3 is 21.7 Å². The van der Waals surface area contributed by atoms with Gasteiger partial charge in [-0.05, 0) is 48.9 Å². The van der Waals surface area contributed by atoms with Crippen molar-refractivity contribution in [1.82, 2.24) is 5.32 Å². The third-order valence-corrected chi connectivity index (χ3v) is 4.54. The second kappa shape index (κ2) is 12.7. The predicted octanol–water partition coefficient (Wildman–Crippen LogP) is 5.88. The van der Waals surface area contributed by atoms with Gasteiger partial charge in [0.05, 0.1) is 5.69 Å². The van der Waals surface area contributed by atoms with Crippen LogP contribution in [0, 0.1) is 0 Å². The van der Waals surface area contributed by atoms with E-state index in [1.165, 1.54) is 25.7 Å². The van der Waals surface area contributed by atoms with E-state index in [1.807, 2.05) is 18.2 Å². The largest absolute Gasteiger partial charge is 0.369 e. The Kier molecular flexibility index (Phi) is 9.86. The first-order valence-corrected chi connectivity index (χ1v) is 10.5. The number of halogens is 1. The number of carbonyl (C=O) groups excluding carboxylic acids is 1. The molecule has 0 atom stereocenters. The number of nitrogens with one attached hydrogen (secondary N) is 3. The van der Waals surface area contributed by atoms with Crippen molar-refractivity contribution in [2.75, 3.05) is 17.2 Å². The molecule has 0 aliphatic carbocycles. The standard InChI is InChI=1S/C22H30ClN5O/c1-2-3-4-5-6-7-15-25-22(29)28-20-10-8-9-19(16-20)27-21(24)26-18-13-11-17(23)12-14-18/h8-14,16H,2-7,15H2,1H3,(H3,24,26,27)(H2,25,28,29). The summed E-state index contributed by atoms with van der Waals surface area (Å²) in [6, 6.07) is 14.2. The van der Waals surface area contributed by atoms with E-state index in [0.717, 1.165) is 18.5 Å². The Labute approximate surface area is 177 Å². The molecule has 0 spiro atoms. The highest BCUT2D eigenvalue weighted by molar-refractivity contribution is 6.30. The Hall–Kier alpha value is -2.73. The van der Waals surface area contributed by atoms with E-state index in [4.69, 9.17) is 17.3 Å². The van der Waals surface area contributed by atoms with Crippen LogP contribution in [0.25, 0.3) is 0 Å². The van der Waals surface area contributed by atoms with E-state index < -0.39 is 0 Å². The Morgan fingerprint density at radius 1 is 0.966 bits per heavy atom. The molecule has 0 radical (unpaired) electrons. The van der Waals surface area contributed by atoms with Crippen LogP contribution in [0.1, 0.15) is 45.4 Å². The predicted molar refractivity (Wildman–Crippen MR) is 123 cm³/mol. The number of aliphatic imine (C=N–C) groups is 1. The molecule has 0 saturated carbocycles. The Morgan fingerprint density at radius 2 is 1.62 bits per heavy atom. The molecule has 2 aromatic carbocycles. The minimum Gasteiger partial charge on any atom is -0.369 e. The molecule has 0 heterocycles. The fourth-order valence-electron chi connectivity index (χ4n) is 2.79. The minimum atomic E-state index is -0.210. The van der Waals surface area contributed by atoms with Gasteiger partial charge in [0.2, 0.25) is 0 Å². The van der Waals surface area contributed by atoms with Crippen molar-refractivity contribution in [1.29, 1.82) is 0 Å². The van der Waals surface area contributed by atoms with Crippen molar-refractivity contribution in [3.8, 4) is 0 Å². The van der Waals surface area contributed by atoms with E-state index in [0.29, 0.717) is 22.9 Å². The summed E-state index contributed by atoms with van der Waals surface area (Å²) in [5.74, 6) is 0.247. The molecular formula is C22H30ClN5O. The van der Waals surface area contributed by atoms with Gasteiger partial charge in [0, 0.05) is 22.9 Å². The van der Waals surface area contributed by atoms with Gasteiger partial charge in [-0.25, -0.2) is 9.79 Å². The Balaban J connectivity index is 1.78. The molecule has 0 saturated heterocycles. The van der Waals surface area contributed by atoms with E-state index in [9.17, 15) is 4.79 Å². The zero-order chi connectivity index (χ0) is 20.9. The molecule has 156 valence electrons. The number of nitrogens with two attached hydrogens (primary N) is 1. The first-order valence-electron chi connectivity index (χ1n) is 10.1. The van der Waals surface area contributed by atoms with Gasteiger partial charge in [-0.2, -0.15) is 0 Å². The monoisotopic (exact) mass is 415 g/mol. The van der Waals surface area contributed by atoms with Crippen LogP contribution in [0.5, 0.6) is 0 Å². The van der Waals surface area contributed by atoms with Gasteiger partial charge in [0.15, 0.2) is 5.96 Å².